The maximum atomic E-state index is 12.8. The summed E-state index contributed by atoms with van der Waals surface area (Å²) in [6, 6.07) is 7.41. The quantitative estimate of drug-likeness (QED) is 0.570. The zero-order chi connectivity index (χ0) is 21.0. The molecule has 1 saturated carbocycles. The van der Waals surface area contributed by atoms with Crippen molar-refractivity contribution in [1.29, 1.82) is 0 Å². The molecule has 2 aliphatic rings. The molecular weight excluding hydrogens is 432 g/mol. The molecule has 1 N–H and O–H groups in total. The van der Waals surface area contributed by atoms with E-state index in [2.05, 4.69) is 24.6 Å². The maximum Gasteiger partial charge on any atom is 0.208 e. The lowest BCUT2D eigenvalue weighted by Crippen LogP contribution is -2.38. The highest BCUT2D eigenvalue weighted by molar-refractivity contribution is 7.82. The van der Waals surface area contributed by atoms with E-state index in [9.17, 15) is 4.21 Å². The van der Waals surface area contributed by atoms with Gasteiger partial charge >= 0.3 is 0 Å². The summed E-state index contributed by atoms with van der Waals surface area (Å²) in [7, 11) is -1.23. The first-order valence-corrected chi connectivity index (χ1v) is 12.5. The summed E-state index contributed by atoms with van der Waals surface area (Å²) in [6.45, 7) is 1.68. The predicted molar refractivity (Wildman–Crippen MR) is 121 cm³/mol. The van der Waals surface area contributed by atoms with E-state index in [1.807, 2.05) is 22.5 Å². The van der Waals surface area contributed by atoms with Crippen LogP contribution in [-0.2, 0) is 11.0 Å². The molecule has 0 amide bonds. The van der Waals surface area contributed by atoms with E-state index in [4.69, 9.17) is 4.74 Å². The molecule has 1 atom stereocenters. The third kappa shape index (κ3) is 4.76. The molecule has 8 nitrogen and oxygen atoms in total. The van der Waals surface area contributed by atoms with Gasteiger partial charge in [-0.05, 0) is 50.3 Å². The van der Waals surface area contributed by atoms with Crippen LogP contribution in [0.5, 0.6) is 5.75 Å². The molecule has 4 heterocycles. The van der Waals surface area contributed by atoms with E-state index in [1.165, 1.54) is 30.8 Å². The standard InChI is InChI=1S/C21H24N6O2S2/c28-31(27-12-5-13-27)18-8-4-10-23-20(18)25-21-24-19(26-30-21)17-14-16(9-11-22-17)29-15-6-2-1-3-7-15/h4,8-11,14-15H,1-3,5-7,12-13H2,(H,23,24,25,26). The SMILES string of the molecule is O=S(c1cccnc1Nc1nc(-c2cc(OC3CCCCC3)ccn2)ns1)N1CCC1. The Morgan fingerprint density at radius 3 is 2.77 bits per heavy atom. The van der Waals surface area contributed by atoms with Crippen molar-refractivity contribution in [3.63, 3.8) is 0 Å². The molecule has 0 spiro atoms. The van der Waals surface area contributed by atoms with E-state index < -0.39 is 11.0 Å². The zero-order valence-electron chi connectivity index (χ0n) is 17.1. The summed E-state index contributed by atoms with van der Waals surface area (Å²) in [5.41, 5.74) is 0.669. The summed E-state index contributed by atoms with van der Waals surface area (Å²) in [5.74, 6) is 1.87. The largest absolute Gasteiger partial charge is 0.490 e. The van der Waals surface area contributed by atoms with Crippen LogP contribution in [0.15, 0.2) is 41.6 Å². The minimum atomic E-state index is -1.23. The van der Waals surface area contributed by atoms with Gasteiger partial charge in [0, 0.05) is 43.1 Å². The molecule has 3 aromatic rings. The molecule has 0 radical (unpaired) electrons. The van der Waals surface area contributed by atoms with Gasteiger partial charge in [-0.1, -0.05) is 6.42 Å². The van der Waals surface area contributed by atoms with Gasteiger partial charge in [-0.15, -0.1) is 0 Å². The van der Waals surface area contributed by atoms with Crippen LogP contribution in [0.3, 0.4) is 0 Å². The van der Waals surface area contributed by atoms with Gasteiger partial charge < -0.3 is 10.1 Å². The second kappa shape index (κ2) is 9.37. The Kier molecular flexibility index (Phi) is 6.19. The average Bonchev–Trinajstić information content (AvgIpc) is 3.22. The van der Waals surface area contributed by atoms with Crippen molar-refractivity contribution in [1.82, 2.24) is 23.6 Å². The number of nitrogens with zero attached hydrogens (tertiary/aromatic N) is 5. The average molecular weight is 457 g/mol. The van der Waals surface area contributed by atoms with Crippen molar-refractivity contribution in [2.45, 2.75) is 49.5 Å². The number of pyridine rings is 2. The molecule has 31 heavy (non-hydrogen) atoms. The van der Waals surface area contributed by atoms with E-state index in [0.29, 0.717) is 27.4 Å². The van der Waals surface area contributed by atoms with Crippen molar-refractivity contribution in [3.8, 4) is 17.3 Å². The summed E-state index contributed by atoms with van der Waals surface area (Å²) in [6.07, 6.45) is 10.7. The Balaban J connectivity index is 1.31. The van der Waals surface area contributed by atoms with Gasteiger partial charge in [0.2, 0.25) is 5.13 Å². The highest BCUT2D eigenvalue weighted by Gasteiger charge is 2.24. The first-order valence-electron chi connectivity index (χ1n) is 10.6. The van der Waals surface area contributed by atoms with Crippen molar-refractivity contribution in [3.05, 3.63) is 36.7 Å². The van der Waals surface area contributed by atoms with E-state index >= 15 is 0 Å². The Morgan fingerprint density at radius 2 is 1.97 bits per heavy atom. The number of ether oxygens (including phenoxy) is 1. The minimum Gasteiger partial charge on any atom is -0.490 e. The third-order valence-electron chi connectivity index (χ3n) is 5.48. The molecule has 2 fully saturated rings. The first-order chi connectivity index (χ1) is 15.3. The molecule has 0 bridgehead atoms. The van der Waals surface area contributed by atoms with E-state index in [1.54, 1.807) is 18.5 Å². The van der Waals surface area contributed by atoms with Crippen molar-refractivity contribution < 1.29 is 8.95 Å². The van der Waals surface area contributed by atoms with Crippen molar-refractivity contribution in [2.75, 3.05) is 18.4 Å². The van der Waals surface area contributed by atoms with Gasteiger partial charge in [0.25, 0.3) is 0 Å². The monoisotopic (exact) mass is 456 g/mol. The van der Waals surface area contributed by atoms with E-state index in [0.717, 1.165) is 38.1 Å². The summed E-state index contributed by atoms with van der Waals surface area (Å²) in [4.78, 5) is 14.0. The maximum absolute atomic E-state index is 12.8. The number of rotatable bonds is 7. The molecule has 0 aromatic carbocycles. The Morgan fingerprint density at radius 1 is 1.10 bits per heavy atom. The topological polar surface area (TPSA) is 93.1 Å². The van der Waals surface area contributed by atoms with Crippen LogP contribution in [0.2, 0.25) is 0 Å². The second-order valence-corrected chi connectivity index (χ2v) is 9.89. The Labute approximate surface area is 187 Å². The van der Waals surface area contributed by atoms with Gasteiger partial charge in [-0.2, -0.15) is 9.36 Å². The number of hydrogen-bond acceptors (Lipinski definition) is 8. The molecular formula is C21H24N6O2S2. The summed E-state index contributed by atoms with van der Waals surface area (Å²) in [5, 5.41) is 3.76. The molecule has 162 valence electrons. The predicted octanol–water partition coefficient (Wildman–Crippen LogP) is 4.18. The first kappa shape index (κ1) is 20.5. The number of aromatic nitrogens is 4. The van der Waals surface area contributed by atoms with Crippen molar-refractivity contribution >= 4 is 33.5 Å². The van der Waals surface area contributed by atoms with Crippen molar-refractivity contribution in [2.24, 2.45) is 0 Å². The fourth-order valence-corrected chi connectivity index (χ4v) is 5.59. The Bertz CT molecular complexity index is 1070. The lowest BCUT2D eigenvalue weighted by Gasteiger charge is -2.29. The summed E-state index contributed by atoms with van der Waals surface area (Å²) < 4.78 is 25.3. The lowest BCUT2D eigenvalue weighted by molar-refractivity contribution is 0.155. The van der Waals surface area contributed by atoms with Crippen LogP contribution in [0.1, 0.15) is 38.5 Å². The van der Waals surface area contributed by atoms with Crippen LogP contribution in [0, 0.1) is 0 Å². The van der Waals surface area contributed by atoms with Crippen LogP contribution < -0.4 is 10.1 Å². The van der Waals surface area contributed by atoms with Crippen LogP contribution in [0.4, 0.5) is 10.9 Å². The lowest BCUT2D eigenvalue weighted by atomic mass is 9.98. The molecule has 1 aliphatic heterocycles. The third-order valence-corrected chi connectivity index (χ3v) is 7.65. The number of nitrogens with one attached hydrogen (secondary N) is 1. The zero-order valence-corrected chi connectivity index (χ0v) is 18.7. The highest BCUT2D eigenvalue weighted by Crippen LogP contribution is 2.29. The van der Waals surface area contributed by atoms with Gasteiger partial charge in [-0.3, -0.25) is 4.98 Å². The molecule has 1 unspecified atom stereocenters. The highest BCUT2D eigenvalue weighted by atomic mass is 32.2. The van der Waals surface area contributed by atoms with E-state index in [-0.39, 0.29) is 6.10 Å². The second-order valence-electron chi connectivity index (χ2n) is 7.68. The van der Waals surface area contributed by atoms with Gasteiger partial charge in [0.15, 0.2) is 5.82 Å². The summed E-state index contributed by atoms with van der Waals surface area (Å²) >= 11 is 1.22. The molecule has 10 heteroatoms. The fourth-order valence-electron chi connectivity index (χ4n) is 3.68. The van der Waals surface area contributed by atoms with Gasteiger partial charge in [0.1, 0.15) is 28.2 Å². The fraction of sp³-hybridized carbons (Fsp3) is 0.429. The minimum absolute atomic E-state index is 0.277. The van der Waals surface area contributed by atoms with Gasteiger partial charge in [-0.25, -0.2) is 13.5 Å². The van der Waals surface area contributed by atoms with Crippen LogP contribution in [-0.4, -0.2) is 47.0 Å². The smallest absolute Gasteiger partial charge is 0.208 e. The number of anilines is 2. The molecule has 1 aliphatic carbocycles. The van der Waals surface area contributed by atoms with Gasteiger partial charge in [0.05, 0.1) is 11.0 Å². The molecule has 3 aromatic heterocycles. The Hall–Kier alpha value is -2.43. The van der Waals surface area contributed by atoms with Crippen LogP contribution >= 0.6 is 11.5 Å². The normalized spacial score (nSPS) is 18.3. The molecule has 1 saturated heterocycles. The number of hydrogen-bond donors (Lipinski definition) is 1. The molecule has 5 rings (SSSR count). The van der Waals surface area contributed by atoms with Crippen LogP contribution in [0.25, 0.3) is 11.5 Å².